The van der Waals surface area contributed by atoms with Crippen LogP contribution in [0.4, 0.5) is 17.6 Å². The van der Waals surface area contributed by atoms with Crippen molar-refractivity contribution in [3.8, 4) is 0 Å². The van der Waals surface area contributed by atoms with Gasteiger partial charge in [-0.1, -0.05) is 11.6 Å². The van der Waals surface area contributed by atoms with Crippen LogP contribution in [0.2, 0.25) is 0 Å². The lowest BCUT2D eigenvalue weighted by atomic mass is 10.1. The van der Waals surface area contributed by atoms with Crippen LogP contribution in [0.1, 0.15) is 37.0 Å². The molecule has 0 saturated carbocycles. The van der Waals surface area contributed by atoms with Gasteiger partial charge in [0, 0.05) is 0 Å². The van der Waals surface area contributed by atoms with E-state index < -0.39 is 25.6 Å². The van der Waals surface area contributed by atoms with Gasteiger partial charge in [-0.05, 0) is 19.4 Å². The largest absolute Gasteiger partial charge is 0.367 e. The molecule has 0 radical (unpaired) electrons. The number of aromatic nitrogens is 2. The van der Waals surface area contributed by atoms with E-state index in [0.717, 1.165) is 25.8 Å². The molecule has 114 valence electrons. The molecule has 0 spiro atoms. The maximum absolute atomic E-state index is 12.6. The van der Waals surface area contributed by atoms with Gasteiger partial charge in [-0.3, -0.25) is 0 Å². The second-order valence-corrected chi connectivity index (χ2v) is 4.61. The molecular formula is C11H15F4N3O2. The first-order valence-electron chi connectivity index (χ1n) is 6.28. The van der Waals surface area contributed by atoms with Crippen molar-refractivity contribution in [2.24, 2.45) is 0 Å². The lowest BCUT2D eigenvalue weighted by Crippen LogP contribution is -2.32. The van der Waals surface area contributed by atoms with Crippen LogP contribution in [0.5, 0.6) is 0 Å². The van der Waals surface area contributed by atoms with Crippen molar-refractivity contribution in [1.29, 1.82) is 0 Å². The molecule has 1 aliphatic rings. The molecule has 2 rings (SSSR count). The first kappa shape index (κ1) is 15.2. The Balaban J connectivity index is 1.81. The SMILES string of the molecule is FC(F)C(F)(F)COCc1noc(C2CCCCN2)n1. The quantitative estimate of drug-likeness (QED) is 0.816. The summed E-state index contributed by atoms with van der Waals surface area (Å²) in [6.07, 6.45) is -0.795. The fourth-order valence-electron chi connectivity index (χ4n) is 1.87. The Labute approximate surface area is 112 Å². The number of hydrogen-bond donors (Lipinski definition) is 1. The first-order valence-corrected chi connectivity index (χ1v) is 6.28. The van der Waals surface area contributed by atoms with E-state index in [-0.39, 0.29) is 11.9 Å². The predicted molar refractivity (Wildman–Crippen MR) is 59.5 cm³/mol. The zero-order valence-corrected chi connectivity index (χ0v) is 10.6. The van der Waals surface area contributed by atoms with E-state index in [1.54, 1.807) is 0 Å². The lowest BCUT2D eigenvalue weighted by molar-refractivity contribution is -0.168. The van der Waals surface area contributed by atoms with E-state index in [9.17, 15) is 17.6 Å². The third-order valence-electron chi connectivity index (χ3n) is 2.94. The highest BCUT2D eigenvalue weighted by Gasteiger charge is 2.41. The van der Waals surface area contributed by atoms with Crippen LogP contribution in [0, 0.1) is 0 Å². The number of piperidine rings is 1. The van der Waals surface area contributed by atoms with Crippen LogP contribution >= 0.6 is 0 Å². The lowest BCUT2D eigenvalue weighted by Gasteiger charge is -2.19. The number of nitrogens with one attached hydrogen (secondary N) is 1. The van der Waals surface area contributed by atoms with Crippen molar-refractivity contribution >= 4 is 0 Å². The van der Waals surface area contributed by atoms with Crippen LogP contribution < -0.4 is 5.32 Å². The molecule has 0 aliphatic carbocycles. The monoisotopic (exact) mass is 297 g/mol. The summed E-state index contributed by atoms with van der Waals surface area (Å²) in [5, 5.41) is 6.76. The van der Waals surface area contributed by atoms with Gasteiger partial charge >= 0.3 is 12.3 Å². The Bertz CT molecular complexity index is 422. The summed E-state index contributed by atoms with van der Waals surface area (Å²) in [7, 11) is 0. The summed E-state index contributed by atoms with van der Waals surface area (Å²) in [5.74, 6) is -3.74. The second kappa shape index (κ2) is 6.49. The molecule has 20 heavy (non-hydrogen) atoms. The van der Waals surface area contributed by atoms with Crippen LogP contribution in [0.25, 0.3) is 0 Å². The number of alkyl halides is 4. The normalized spacial score (nSPS) is 20.6. The molecular weight excluding hydrogens is 282 g/mol. The summed E-state index contributed by atoms with van der Waals surface area (Å²) in [5.41, 5.74) is 0. The second-order valence-electron chi connectivity index (χ2n) is 4.61. The van der Waals surface area contributed by atoms with Crippen molar-refractivity contribution in [3.05, 3.63) is 11.7 Å². The van der Waals surface area contributed by atoms with Crippen molar-refractivity contribution < 1.29 is 26.8 Å². The fourth-order valence-corrected chi connectivity index (χ4v) is 1.87. The Hall–Kier alpha value is -1.22. The van der Waals surface area contributed by atoms with Crippen LogP contribution in [0.3, 0.4) is 0 Å². The standard InChI is InChI=1S/C11H15F4N3O2/c12-10(13)11(14,15)6-19-5-8-17-9(20-18-8)7-3-1-2-4-16-7/h7,10,16H,1-6H2. The molecule has 1 aromatic rings. The van der Waals surface area contributed by atoms with Crippen LogP contribution in [-0.4, -0.2) is 35.6 Å². The van der Waals surface area contributed by atoms with E-state index in [1.807, 2.05) is 0 Å². The number of halogens is 4. The number of hydrogen-bond acceptors (Lipinski definition) is 5. The topological polar surface area (TPSA) is 60.2 Å². The summed E-state index contributed by atoms with van der Waals surface area (Å²) >= 11 is 0. The maximum Gasteiger partial charge on any atom is 0.330 e. The van der Waals surface area contributed by atoms with Gasteiger partial charge in [0.15, 0.2) is 5.82 Å². The average Bonchev–Trinajstić information content (AvgIpc) is 2.88. The molecule has 0 bridgehead atoms. The van der Waals surface area contributed by atoms with Crippen molar-refractivity contribution in [2.75, 3.05) is 13.2 Å². The fraction of sp³-hybridized carbons (Fsp3) is 0.818. The molecule has 5 nitrogen and oxygen atoms in total. The number of nitrogens with zero attached hydrogens (tertiary/aromatic N) is 2. The predicted octanol–water partition coefficient (Wildman–Crippen LogP) is 2.30. The van der Waals surface area contributed by atoms with Gasteiger partial charge < -0.3 is 14.6 Å². The van der Waals surface area contributed by atoms with Gasteiger partial charge in [-0.2, -0.15) is 13.8 Å². The highest BCUT2D eigenvalue weighted by atomic mass is 19.3. The Kier molecular flexibility index (Phi) is 4.92. The van der Waals surface area contributed by atoms with E-state index in [2.05, 4.69) is 20.2 Å². The van der Waals surface area contributed by atoms with E-state index >= 15 is 0 Å². The highest BCUT2D eigenvalue weighted by molar-refractivity contribution is 4.93. The van der Waals surface area contributed by atoms with E-state index in [0.29, 0.717) is 5.89 Å². The molecule has 2 heterocycles. The number of ether oxygens (including phenoxy) is 1. The molecule has 1 aliphatic heterocycles. The van der Waals surface area contributed by atoms with E-state index in [4.69, 9.17) is 4.52 Å². The molecule has 1 saturated heterocycles. The molecule has 1 fully saturated rings. The highest BCUT2D eigenvalue weighted by Crippen LogP contribution is 2.24. The Morgan fingerprint density at radius 3 is 2.85 bits per heavy atom. The first-order chi connectivity index (χ1) is 9.49. The van der Waals surface area contributed by atoms with Gasteiger partial charge in [0.05, 0.1) is 6.04 Å². The van der Waals surface area contributed by atoms with Gasteiger partial charge in [0.25, 0.3) is 0 Å². The summed E-state index contributed by atoms with van der Waals surface area (Å²) < 4.78 is 58.5. The molecule has 1 aromatic heterocycles. The third-order valence-corrected chi connectivity index (χ3v) is 2.94. The van der Waals surface area contributed by atoms with Crippen molar-refractivity contribution in [3.63, 3.8) is 0 Å². The Morgan fingerprint density at radius 1 is 1.40 bits per heavy atom. The average molecular weight is 297 g/mol. The third kappa shape index (κ3) is 3.89. The van der Waals surface area contributed by atoms with Gasteiger partial charge in [-0.25, -0.2) is 8.78 Å². The molecule has 0 amide bonds. The maximum atomic E-state index is 12.6. The van der Waals surface area contributed by atoms with Crippen LogP contribution in [-0.2, 0) is 11.3 Å². The van der Waals surface area contributed by atoms with E-state index in [1.165, 1.54) is 0 Å². The Morgan fingerprint density at radius 2 is 2.20 bits per heavy atom. The zero-order valence-electron chi connectivity index (χ0n) is 10.6. The van der Waals surface area contributed by atoms with Gasteiger partial charge in [0.1, 0.15) is 13.2 Å². The van der Waals surface area contributed by atoms with Crippen LogP contribution in [0.15, 0.2) is 4.52 Å². The van der Waals surface area contributed by atoms with Gasteiger partial charge in [-0.15, -0.1) is 0 Å². The smallest absolute Gasteiger partial charge is 0.330 e. The van der Waals surface area contributed by atoms with Crippen molar-refractivity contribution in [2.45, 2.75) is 44.3 Å². The molecule has 1 unspecified atom stereocenters. The minimum atomic E-state index is -4.17. The zero-order chi connectivity index (χ0) is 14.6. The molecule has 9 heteroatoms. The van der Waals surface area contributed by atoms with Gasteiger partial charge in [0.2, 0.25) is 5.89 Å². The summed E-state index contributed by atoms with van der Waals surface area (Å²) in [4.78, 5) is 4.00. The molecule has 0 aromatic carbocycles. The number of rotatable bonds is 6. The summed E-state index contributed by atoms with van der Waals surface area (Å²) in [6, 6.07) is -0.0486. The molecule has 1 N–H and O–H groups in total. The summed E-state index contributed by atoms with van der Waals surface area (Å²) in [6.45, 7) is -0.922. The molecule has 1 atom stereocenters. The van der Waals surface area contributed by atoms with Crippen molar-refractivity contribution in [1.82, 2.24) is 15.5 Å². The minimum absolute atomic E-state index is 0.0486. The minimum Gasteiger partial charge on any atom is -0.367 e.